The van der Waals surface area contributed by atoms with E-state index >= 15 is 0 Å². The van der Waals surface area contributed by atoms with E-state index in [2.05, 4.69) is 4.90 Å². The molecule has 0 aromatic rings. The molecule has 0 aromatic carbocycles. The second-order valence-electron chi connectivity index (χ2n) is 5.01. The third-order valence-electron chi connectivity index (χ3n) is 3.90. The molecule has 1 aliphatic heterocycles. The molecule has 2 fully saturated rings. The van der Waals surface area contributed by atoms with Gasteiger partial charge >= 0.3 is 0 Å². The molecule has 86 valence electrons. The molecule has 2 aliphatic rings. The molecule has 1 N–H and O–H groups in total. The Bertz CT molecular complexity index is 240. The van der Waals surface area contributed by atoms with Gasteiger partial charge in [0.25, 0.3) is 0 Å². The van der Waals surface area contributed by atoms with Crippen LogP contribution in [0.5, 0.6) is 0 Å². The molecular formula is C12H21NO2. The van der Waals surface area contributed by atoms with Crippen LogP contribution in [0.15, 0.2) is 0 Å². The van der Waals surface area contributed by atoms with Gasteiger partial charge in [-0.05, 0) is 38.6 Å². The number of hydrogen-bond acceptors (Lipinski definition) is 3. The predicted molar refractivity (Wildman–Crippen MR) is 58.6 cm³/mol. The highest BCUT2D eigenvalue weighted by Crippen LogP contribution is 2.27. The number of nitrogens with zero attached hydrogens (tertiary/aromatic N) is 1. The Kier molecular flexibility index (Phi) is 3.42. The van der Waals surface area contributed by atoms with Crippen molar-refractivity contribution >= 4 is 5.78 Å². The molecule has 3 nitrogen and oxygen atoms in total. The van der Waals surface area contributed by atoms with E-state index in [1.54, 1.807) is 0 Å². The van der Waals surface area contributed by atoms with Gasteiger partial charge in [0.15, 0.2) is 0 Å². The highest BCUT2D eigenvalue weighted by Gasteiger charge is 2.34. The van der Waals surface area contributed by atoms with E-state index in [1.807, 2.05) is 6.92 Å². The van der Waals surface area contributed by atoms with E-state index in [0.717, 1.165) is 38.8 Å². The summed E-state index contributed by atoms with van der Waals surface area (Å²) in [5.74, 6) is 0.798. The summed E-state index contributed by atoms with van der Waals surface area (Å²) in [6.07, 6.45) is 4.87. The summed E-state index contributed by atoms with van der Waals surface area (Å²) in [6, 6.07) is 0.169. The van der Waals surface area contributed by atoms with Crippen LogP contribution in [-0.2, 0) is 4.79 Å². The number of aliphatic hydroxyl groups excluding tert-OH is 1. The van der Waals surface area contributed by atoms with E-state index in [-0.39, 0.29) is 12.1 Å². The largest absolute Gasteiger partial charge is 0.393 e. The number of ketones is 1. The maximum absolute atomic E-state index is 11.8. The lowest BCUT2D eigenvalue weighted by Gasteiger charge is -2.29. The second-order valence-corrected chi connectivity index (χ2v) is 5.01. The molecule has 0 bridgehead atoms. The average molecular weight is 211 g/mol. The molecule has 1 aliphatic carbocycles. The summed E-state index contributed by atoms with van der Waals surface area (Å²) in [4.78, 5) is 14.0. The van der Waals surface area contributed by atoms with E-state index in [4.69, 9.17) is 0 Å². The van der Waals surface area contributed by atoms with Gasteiger partial charge in [-0.15, -0.1) is 0 Å². The quantitative estimate of drug-likeness (QED) is 0.746. The Hall–Kier alpha value is -0.410. The summed E-state index contributed by atoms with van der Waals surface area (Å²) in [7, 11) is 0. The van der Waals surface area contributed by atoms with Gasteiger partial charge in [0, 0.05) is 13.0 Å². The maximum atomic E-state index is 11.8. The van der Waals surface area contributed by atoms with E-state index in [0.29, 0.717) is 11.7 Å². The minimum Gasteiger partial charge on any atom is -0.393 e. The third-order valence-corrected chi connectivity index (χ3v) is 3.90. The minimum absolute atomic E-state index is 0.169. The van der Waals surface area contributed by atoms with Crippen molar-refractivity contribution in [2.45, 2.75) is 51.2 Å². The van der Waals surface area contributed by atoms with Crippen LogP contribution in [0.4, 0.5) is 0 Å². The number of carbonyl (C=O) groups is 1. The summed E-state index contributed by atoms with van der Waals surface area (Å²) >= 11 is 0. The first-order valence-electron chi connectivity index (χ1n) is 6.13. The summed E-state index contributed by atoms with van der Waals surface area (Å²) < 4.78 is 0. The van der Waals surface area contributed by atoms with Crippen LogP contribution in [0.2, 0.25) is 0 Å². The molecular weight excluding hydrogens is 190 g/mol. The van der Waals surface area contributed by atoms with Crippen LogP contribution in [0.25, 0.3) is 0 Å². The highest BCUT2D eigenvalue weighted by molar-refractivity contribution is 5.84. The van der Waals surface area contributed by atoms with Crippen LogP contribution >= 0.6 is 0 Å². The molecule has 1 heterocycles. The maximum Gasteiger partial charge on any atom is 0.149 e. The highest BCUT2D eigenvalue weighted by atomic mass is 16.3. The Morgan fingerprint density at radius 2 is 2.20 bits per heavy atom. The number of aliphatic hydroxyl groups is 1. The monoisotopic (exact) mass is 211 g/mol. The molecule has 2 rings (SSSR count). The van der Waals surface area contributed by atoms with Crippen LogP contribution in [0.3, 0.4) is 0 Å². The molecule has 0 aromatic heterocycles. The normalized spacial score (nSPS) is 35.7. The fourth-order valence-electron chi connectivity index (χ4n) is 2.84. The topological polar surface area (TPSA) is 40.5 Å². The van der Waals surface area contributed by atoms with Gasteiger partial charge < -0.3 is 5.11 Å². The zero-order valence-corrected chi connectivity index (χ0v) is 9.48. The fraction of sp³-hybridized carbons (Fsp3) is 0.917. The Balaban J connectivity index is 1.92. The van der Waals surface area contributed by atoms with Crippen LogP contribution in [0, 0.1) is 5.92 Å². The molecule has 3 atom stereocenters. The van der Waals surface area contributed by atoms with Gasteiger partial charge in [-0.2, -0.15) is 0 Å². The number of rotatable bonds is 2. The summed E-state index contributed by atoms with van der Waals surface area (Å²) in [5, 5.41) is 9.52. The van der Waals surface area contributed by atoms with Crippen molar-refractivity contribution in [3.05, 3.63) is 0 Å². The van der Waals surface area contributed by atoms with E-state index in [9.17, 15) is 9.90 Å². The van der Waals surface area contributed by atoms with Crippen molar-refractivity contribution in [1.82, 2.24) is 4.90 Å². The van der Waals surface area contributed by atoms with Crippen molar-refractivity contribution in [1.29, 1.82) is 0 Å². The SMILES string of the molecule is CC(O)C1CCN(C2CCCCC2=O)C1. The van der Waals surface area contributed by atoms with Gasteiger partial charge in [0.05, 0.1) is 12.1 Å². The smallest absolute Gasteiger partial charge is 0.149 e. The first-order valence-corrected chi connectivity index (χ1v) is 6.13. The standard InChI is InChI=1S/C12H21NO2/c1-9(14)10-6-7-13(8-10)11-4-2-3-5-12(11)15/h9-11,14H,2-8H2,1H3. The van der Waals surface area contributed by atoms with E-state index in [1.165, 1.54) is 6.42 Å². The predicted octanol–water partition coefficient (Wildman–Crippen LogP) is 1.20. The molecule has 0 amide bonds. The van der Waals surface area contributed by atoms with Gasteiger partial charge in [-0.1, -0.05) is 6.42 Å². The molecule has 1 saturated heterocycles. The van der Waals surface area contributed by atoms with Crippen molar-refractivity contribution < 1.29 is 9.90 Å². The van der Waals surface area contributed by atoms with Crippen LogP contribution in [-0.4, -0.2) is 41.0 Å². The van der Waals surface area contributed by atoms with Crippen molar-refractivity contribution in [2.75, 3.05) is 13.1 Å². The summed E-state index contributed by atoms with van der Waals surface area (Å²) in [6.45, 7) is 3.76. The lowest BCUT2D eigenvalue weighted by Crippen LogP contribution is -2.42. The van der Waals surface area contributed by atoms with Crippen molar-refractivity contribution in [3.8, 4) is 0 Å². The van der Waals surface area contributed by atoms with E-state index < -0.39 is 0 Å². The molecule has 15 heavy (non-hydrogen) atoms. The molecule has 1 saturated carbocycles. The first kappa shape index (κ1) is 11.1. The molecule has 3 heteroatoms. The number of likely N-dealkylation sites (tertiary alicyclic amines) is 1. The number of hydrogen-bond donors (Lipinski definition) is 1. The second kappa shape index (κ2) is 4.62. The molecule has 3 unspecified atom stereocenters. The van der Waals surface area contributed by atoms with Gasteiger partial charge in [0.2, 0.25) is 0 Å². The Morgan fingerprint density at radius 1 is 1.40 bits per heavy atom. The number of carbonyl (C=O) groups excluding carboxylic acids is 1. The third kappa shape index (κ3) is 2.40. The first-order chi connectivity index (χ1) is 7.18. The van der Waals surface area contributed by atoms with Gasteiger partial charge in [0.1, 0.15) is 5.78 Å². The average Bonchev–Trinajstić information content (AvgIpc) is 2.67. The molecule has 0 spiro atoms. The Labute approximate surface area is 91.5 Å². The van der Waals surface area contributed by atoms with Crippen LogP contribution < -0.4 is 0 Å². The lowest BCUT2D eigenvalue weighted by atomic mass is 9.93. The van der Waals surface area contributed by atoms with Gasteiger partial charge in [-0.3, -0.25) is 9.69 Å². The Morgan fingerprint density at radius 3 is 2.80 bits per heavy atom. The minimum atomic E-state index is -0.228. The zero-order valence-electron chi connectivity index (χ0n) is 9.48. The van der Waals surface area contributed by atoms with Crippen LogP contribution in [0.1, 0.15) is 39.0 Å². The lowest BCUT2D eigenvalue weighted by molar-refractivity contribution is -0.125. The van der Waals surface area contributed by atoms with Crippen molar-refractivity contribution in [2.24, 2.45) is 5.92 Å². The van der Waals surface area contributed by atoms with Gasteiger partial charge in [-0.25, -0.2) is 0 Å². The molecule has 0 radical (unpaired) electrons. The zero-order chi connectivity index (χ0) is 10.8. The van der Waals surface area contributed by atoms with Crippen molar-refractivity contribution in [3.63, 3.8) is 0 Å². The fourth-order valence-corrected chi connectivity index (χ4v) is 2.84. The number of Topliss-reactive ketones (excluding diaryl/α,β-unsaturated/α-hetero) is 1. The summed E-state index contributed by atoms with van der Waals surface area (Å²) in [5.41, 5.74) is 0.